The van der Waals surface area contributed by atoms with Crippen molar-refractivity contribution in [1.29, 1.82) is 0 Å². The smallest absolute Gasteiger partial charge is 0.139 e. The number of aryl methyl sites for hydroxylation is 1. The van der Waals surface area contributed by atoms with E-state index < -0.39 is 0 Å². The number of hydrogen-bond acceptors (Lipinski definition) is 3. The Balaban J connectivity index is 2.44. The fourth-order valence-electron chi connectivity index (χ4n) is 1.74. The summed E-state index contributed by atoms with van der Waals surface area (Å²) < 4.78 is 11.6. The van der Waals surface area contributed by atoms with E-state index in [1.54, 1.807) is 13.4 Å². The number of furan rings is 1. The molecule has 0 saturated carbocycles. The van der Waals surface area contributed by atoms with Crippen LogP contribution in [0.25, 0.3) is 0 Å². The molecule has 3 nitrogen and oxygen atoms in total. The van der Waals surface area contributed by atoms with Gasteiger partial charge in [-0.05, 0) is 40.5 Å². The summed E-state index contributed by atoms with van der Waals surface area (Å²) in [5.41, 5.74) is 8.23. The van der Waals surface area contributed by atoms with Gasteiger partial charge in [-0.25, -0.2) is 0 Å². The number of ether oxygens (including phenoxy) is 1. The summed E-state index contributed by atoms with van der Waals surface area (Å²) in [7, 11) is 1.64. The first-order valence-electron chi connectivity index (χ1n) is 5.26. The number of nitrogens with two attached hydrogens (primary N) is 1. The van der Waals surface area contributed by atoms with E-state index in [0.717, 1.165) is 21.3 Å². The molecule has 1 unspecified atom stereocenters. The van der Waals surface area contributed by atoms with Crippen LogP contribution in [0.1, 0.15) is 22.9 Å². The van der Waals surface area contributed by atoms with Crippen molar-refractivity contribution >= 4 is 15.9 Å². The number of hydrogen-bond donors (Lipinski definition) is 1. The van der Waals surface area contributed by atoms with Crippen LogP contribution >= 0.6 is 15.9 Å². The second-order valence-electron chi connectivity index (χ2n) is 3.86. The molecule has 0 aliphatic heterocycles. The second kappa shape index (κ2) is 4.94. The van der Waals surface area contributed by atoms with Gasteiger partial charge in [0.25, 0.3) is 0 Å². The third-order valence-electron chi connectivity index (χ3n) is 2.65. The first-order chi connectivity index (χ1) is 8.13. The molecule has 90 valence electrons. The molecule has 0 bridgehead atoms. The minimum atomic E-state index is -0.338. The molecule has 0 amide bonds. The molecule has 0 saturated heterocycles. The van der Waals surface area contributed by atoms with Gasteiger partial charge in [-0.15, -0.1) is 0 Å². The van der Waals surface area contributed by atoms with E-state index in [-0.39, 0.29) is 6.04 Å². The third kappa shape index (κ3) is 2.37. The molecule has 2 rings (SSSR count). The zero-order valence-corrected chi connectivity index (χ0v) is 11.3. The highest BCUT2D eigenvalue weighted by Gasteiger charge is 2.19. The minimum absolute atomic E-state index is 0.338. The number of methoxy groups -OCH3 is 1. The first kappa shape index (κ1) is 12.2. The van der Waals surface area contributed by atoms with Crippen molar-refractivity contribution in [3.63, 3.8) is 0 Å². The Morgan fingerprint density at radius 2 is 2.12 bits per heavy atom. The van der Waals surface area contributed by atoms with Crippen LogP contribution in [0.3, 0.4) is 0 Å². The Kier molecular flexibility index (Phi) is 3.54. The Labute approximate surface area is 109 Å². The molecule has 4 heteroatoms. The first-order valence-corrected chi connectivity index (χ1v) is 6.05. The lowest BCUT2D eigenvalue weighted by Gasteiger charge is -2.14. The second-order valence-corrected chi connectivity index (χ2v) is 4.71. The highest BCUT2D eigenvalue weighted by Crippen LogP contribution is 2.33. The van der Waals surface area contributed by atoms with Crippen molar-refractivity contribution in [2.75, 3.05) is 7.11 Å². The van der Waals surface area contributed by atoms with Crippen molar-refractivity contribution in [2.45, 2.75) is 13.0 Å². The molecule has 0 aliphatic rings. The molecule has 1 aromatic carbocycles. The molecule has 1 heterocycles. The van der Waals surface area contributed by atoms with Gasteiger partial charge in [-0.3, -0.25) is 0 Å². The van der Waals surface area contributed by atoms with Gasteiger partial charge in [0.2, 0.25) is 0 Å². The predicted molar refractivity (Wildman–Crippen MR) is 70.2 cm³/mol. The van der Waals surface area contributed by atoms with E-state index in [1.807, 2.05) is 31.2 Å². The van der Waals surface area contributed by atoms with Crippen molar-refractivity contribution in [1.82, 2.24) is 0 Å². The fraction of sp³-hybridized carbons (Fsp3) is 0.231. The highest BCUT2D eigenvalue weighted by atomic mass is 79.9. The quantitative estimate of drug-likeness (QED) is 0.944. The van der Waals surface area contributed by atoms with E-state index in [0.29, 0.717) is 5.76 Å². The fourth-order valence-corrected chi connectivity index (χ4v) is 2.19. The zero-order valence-electron chi connectivity index (χ0n) is 9.74. The lowest BCUT2D eigenvalue weighted by Crippen LogP contribution is -2.12. The summed E-state index contributed by atoms with van der Waals surface area (Å²) in [5.74, 6) is 1.48. The van der Waals surface area contributed by atoms with Gasteiger partial charge in [-0.1, -0.05) is 12.1 Å². The standard InChI is InChI=1S/C13H14BrNO2/c1-8-3-4-9(11(7-8)16-2)12(15)13-10(14)5-6-17-13/h3-7,12H,15H2,1-2H3. The van der Waals surface area contributed by atoms with Crippen LogP contribution in [0, 0.1) is 6.92 Å². The predicted octanol–water partition coefficient (Wildman–Crippen LogP) is 3.41. The maximum Gasteiger partial charge on any atom is 0.139 e. The highest BCUT2D eigenvalue weighted by molar-refractivity contribution is 9.10. The van der Waals surface area contributed by atoms with Crippen molar-refractivity contribution in [3.05, 3.63) is 51.9 Å². The van der Waals surface area contributed by atoms with E-state index in [2.05, 4.69) is 15.9 Å². The summed E-state index contributed by atoms with van der Waals surface area (Å²) in [6.45, 7) is 2.01. The monoisotopic (exact) mass is 295 g/mol. The molecule has 1 aromatic heterocycles. The van der Waals surface area contributed by atoms with Crippen LogP contribution in [0.15, 0.2) is 39.4 Å². The van der Waals surface area contributed by atoms with Gasteiger partial charge in [0.05, 0.1) is 23.9 Å². The van der Waals surface area contributed by atoms with Gasteiger partial charge in [-0.2, -0.15) is 0 Å². The molecule has 0 fully saturated rings. The van der Waals surface area contributed by atoms with Crippen LogP contribution in [-0.2, 0) is 0 Å². The average Bonchev–Trinajstić information content (AvgIpc) is 2.74. The summed E-state index contributed by atoms with van der Waals surface area (Å²) in [6.07, 6.45) is 1.61. The van der Waals surface area contributed by atoms with E-state index in [4.69, 9.17) is 14.9 Å². The maximum atomic E-state index is 6.18. The molecule has 0 radical (unpaired) electrons. The Hall–Kier alpha value is -1.26. The van der Waals surface area contributed by atoms with Gasteiger partial charge < -0.3 is 14.9 Å². The average molecular weight is 296 g/mol. The largest absolute Gasteiger partial charge is 0.496 e. The maximum absolute atomic E-state index is 6.18. The lowest BCUT2D eigenvalue weighted by atomic mass is 10.0. The summed E-state index contributed by atoms with van der Waals surface area (Å²) in [4.78, 5) is 0. The number of benzene rings is 1. The molecule has 0 spiro atoms. The van der Waals surface area contributed by atoms with Crippen molar-refractivity contribution in [3.8, 4) is 5.75 Å². The zero-order chi connectivity index (χ0) is 12.4. The van der Waals surface area contributed by atoms with Crippen LogP contribution < -0.4 is 10.5 Å². The van der Waals surface area contributed by atoms with Gasteiger partial charge in [0.15, 0.2) is 0 Å². The Morgan fingerprint density at radius 1 is 1.35 bits per heavy atom. The topological polar surface area (TPSA) is 48.4 Å². The third-order valence-corrected chi connectivity index (χ3v) is 3.31. The number of rotatable bonds is 3. The van der Waals surface area contributed by atoms with Crippen LogP contribution in [0.2, 0.25) is 0 Å². The molecular formula is C13H14BrNO2. The molecule has 2 aromatic rings. The molecule has 0 aliphatic carbocycles. The molecular weight excluding hydrogens is 282 g/mol. The lowest BCUT2D eigenvalue weighted by molar-refractivity contribution is 0.402. The number of halogens is 1. The summed E-state index contributed by atoms with van der Waals surface area (Å²) in [6, 6.07) is 7.43. The van der Waals surface area contributed by atoms with E-state index >= 15 is 0 Å². The van der Waals surface area contributed by atoms with E-state index in [1.165, 1.54) is 0 Å². The molecule has 17 heavy (non-hydrogen) atoms. The minimum Gasteiger partial charge on any atom is -0.496 e. The summed E-state index contributed by atoms with van der Waals surface area (Å²) >= 11 is 3.41. The normalized spacial score (nSPS) is 12.5. The van der Waals surface area contributed by atoms with Gasteiger partial charge in [0, 0.05) is 5.56 Å². The Bertz CT molecular complexity index is 522. The van der Waals surface area contributed by atoms with E-state index in [9.17, 15) is 0 Å². The van der Waals surface area contributed by atoms with Crippen LogP contribution in [0.5, 0.6) is 5.75 Å². The van der Waals surface area contributed by atoms with Crippen molar-refractivity contribution in [2.24, 2.45) is 5.73 Å². The van der Waals surface area contributed by atoms with Gasteiger partial charge in [0.1, 0.15) is 11.5 Å². The van der Waals surface area contributed by atoms with Crippen molar-refractivity contribution < 1.29 is 9.15 Å². The van der Waals surface area contributed by atoms with Gasteiger partial charge >= 0.3 is 0 Å². The Morgan fingerprint density at radius 3 is 2.71 bits per heavy atom. The molecule has 2 N–H and O–H groups in total. The molecule has 1 atom stereocenters. The summed E-state index contributed by atoms with van der Waals surface area (Å²) in [5, 5.41) is 0. The SMILES string of the molecule is COc1cc(C)ccc1C(N)c1occc1Br. The van der Waals surface area contributed by atoms with Crippen LogP contribution in [-0.4, -0.2) is 7.11 Å². The van der Waals surface area contributed by atoms with Crippen LogP contribution in [0.4, 0.5) is 0 Å².